The van der Waals surface area contributed by atoms with Gasteiger partial charge in [0.05, 0.1) is 23.1 Å². The SMILES string of the molecule is CC1CN(C)CCC1c1ncnc2cc(N3CCN(C)CC3)cnc12. The maximum Gasteiger partial charge on any atom is 0.116 e. The highest BCUT2D eigenvalue weighted by Crippen LogP contribution is 2.34. The predicted molar refractivity (Wildman–Crippen MR) is 101 cm³/mol. The number of nitrogens with zero attached hydrogens (tertiary/aromatic N) is 6. The maximum atomic E-state index is 4.81. The van der Waals surface area contributed by atoms with Crippen molar-refractivity contribution in [1.29, 1.82) is 0 Å². The first-order valence-electron chi connectivity index (χ1n) is 9.34. The zero-order valence-corrected chi connectivity index (χ0v) is 15.5. The Morgan fingerprint density at radius 1 is 0.960 bits per heavy atom. The van der Waals surface area contributed by atoms with E-state index in [2.05, 4.69) is 51.8 Å². The lowest BCUT2D eigenvalue weighted by atomic mass is 9.84. The Hall–Kier alpha value is -1.79. The van der Waals surface area contributed by atoms with Gasteiger partial charge in [0.25, 0.3) is 0 Å². The molecule has 0 N–H and O–H groups in total. The van der Waals surface area contributed by atoms with Crippen molar-refractivity contribution in [3.8, 4) is 0 Å². The zero-order valence-electron chi connectivity index (χ0n) is 15.5. The van der Waals surface area contributed by atoms with E-state index in [1.807, 2.05) is 6.20 Å². The van der Waals surface area contributed by atoms with Gasteiger partial charge in [-0.15, -0.1) is 0 Å². The molecule has 4 heterocycles. The Labute approximate surface area is 149 Å². The fraction of sp³-hybridized carbons (Fsp3) is 0.632. The molecule has 2 aliphatic heterocycles. The molecule has 2 fully saturated rings. The fourth-order valence-corrected chi connectivity index (χ4v) is 4.22. The molecule has 0 bridgehead atoms. The van der Waals surface area contributed by atoms with Crippen molar-refractivity contribution in [2.75, 3.05) is 58.3 Å². The van der Waals surface area contributed by atoms with Gasteiger partial charge in [-0.25, -0.2) is 9.97 Å². The Bertz CT molecular complexity index is 740. The Morgan fingerprint density at radius 3 is 2.52 bits per heavy atom. The first-order valence-corrected chi connectivity index (χ1v) is 9.34. The van der Waals surface area contributed by atoms with Crippen LogP contribution in [0.25, 0.3) is 11.0 Å². The highest BCUT2D eigenvalue weighted by atomic mass is 15.2. The van der Waals surface area contributed by atoms with E-state index in [9.17, 15) is 0 Å². The standard InChI is InChI=1S/C19H28N6/c1-14-12-24(3)5-4-16(14)18-19-17(21-13-22-18)10-15(11-20-19)25-8-6-23(2)7-9-25/h10-11,13-14,16H,4-9,12H2,1-3H3. The molecule has 2 aliphatic rings. The summed E-state index contributed by atoms with van der Waals surface area (Å²) < 4.78 is 0. The summed E-state index contributed by atoms with van der Waals surface area (Å²) in [4.78, 5) is 21.2. The summed E-state index contributed by atoms with van der Waals surface area (Å²) in [5.41, 5.74) is 4.28. The van der Waals surface area contributed by atoms with Crippen molar-refractivity contribution in [2.45, 2.75) is 19.3 Å². The second-order valence-electron chi connectivity index (χ2n) is 7.75. The van der Waals surface area contributed by atoms with Crippen LogP contribution in [-0.4, -0.2) is 78.1 Å². The van der Waals surface area contributed by atoms with E-state index in [0.717, 1.165) is 62.4 Å². The van der Waals surface area contributed by atoms with Gasteiger partial charge in [0, 0.05) is 38.6 Å². The minimum absolute atomic E-state index is 0.476. The number of hydrogen-bond acceptors (Lipinski definition) is 6. The molecule has 0 aromatic carbocycles. The summed E-state index contributed by atoms with van der Waals surface area (Å²) >= 11 is 0. The van der Waals surface area contributed by atoms with E-state index in [0.29, 0.717) is 11.8 Å². The van der Waals surface area contributed by atoms with Crippen molar-refractivity contribution in [2.24, 2.45) is 5.92 Å². The molecule has 2 atom stereocenters. The van der Waals surface area contributed by atoms with Crippen LogP contribution in [0.3, 0.4) is 0 Å². The number of rotatable bonds is 2. The van der Waals surface area contributed by atoms with Crippen LogP contribution in [0.5, 0.6) is 0 Å². The fourth-order valence-electron chi connectivity index (χ4n) is 4.22. The molecule has 6 heteroatoms. The van der Waals surface area contributed by atoms with Gasteiger partial charge in [-0.2, -0.15) is 0 Å². The van der Waals surface area contributed by atoms with E-state index in [1.165, 1.54) is 5.69 Å². The molecular formula is C19H28N6. The van der Waals surface area contributed by atoms with Crippen LogP contribution in [-0.2, 0) is 0 Å². The number of fused-ring (bicyclic) bond motifs is 1. The summed E-state index contributed by atoms with van der Waals surface area (Å²) in [6.45, 7) is 8.86. The van der Waals surface area contributed by atoms with Crippen LogP contribution >= 0.6 is 0 Å². The van der Waals surface area contributed by atoms with Crippen molar-refractivity contribution >= 4 is 16.7 Å². The smallest absolute Gasteiger partial charge is 0.116 e. The molecule has 6 nitrogen and oxygen atoms in total. The van der Waals surface area contributed by atoms with Gasteiger partial charge in [-0.3, -0.25) is 4.98 Å². The van der Waals surface area contributed by atoms with E-state index in [4.69, 9.17) is 4.98 Å². The highest BCUT2D eigenvalue weighted by Gasteiger charge is 2.28. The normalized spacial score (nSPS) is 26.3. The molecule has 0 saturated carbocycles. The molecule has 0 aliphatic carbocycles. The molecule has 4 rings (SSSR count). The molecule has 0 radical (unpaired) electrons. The summed E-state index contributed by atoms with van der Waals surface area (Å²) in [5.74, 6) is 1.07. The average Bonchev–Trinajstić information content (AvgIpc) is 2.62. The second kappa shape index (κ2) is 6.84. The van der Waals surface area contributed by atoms with Crippen LogP contribution in [0, 0.1) is 5.92 Å². The molecule has 2 aromatic heterocycles. The van der Waals surface area contributed by atoms with Gasteiger partial charge >= 0.3 is 0 Å². The van der Waals surface area contributed by atoms with E-state index in [-0.39, 0.29) is 0 Å². The van der Waals surface area contributed by atoms with Gasteiger partial charge in [-0.05, 0) is 39.0 Å². The highest BCUT2D eigenvalue weighted by molar-refractivity contribution is 5.80. The Morgan fingerprint density at radius 2 is 1.76 bits per heavy atom. The second-order valence-corrected chi connectivity index (χ2v) is 7.75. The molecule has 2 saturated heterocycles. The third-order valence-corrected chi connectivity index (χ3v) is 5.82. The van der Waals surface area contributed by atoms with Gasteiger partial charge in [0.1, 0.15) is 11.8 Å². The van der Waals surface area contributed by atoms with Gasteiger partial charge in [-0.1, -0.05) is 6.92 Å². The van der Waals surface area contributed by atoms with Crippen LogP contribution < -0.4 is 4.90 Å². The summed E-state index contributed by atoms with van der Waals surface area (Å²) in [5, 5.41) is 0. The molecule has 2 unspecified atom stereocenters. The summed E-state index contributed by atoms with van der Waals surface area (Å²) in [7, 11) is 4.38. The molecule has 0 spiro atoms. The summed E-state index contributed by atoms with van der Waals surface area (Å²) in [6.07, 6.45) is 4.88. The Kier molecular flexibility index (Phi) is 4.56. The van der Waals surface area contributed by atoms with E-state index < -0.39 is 0 Å². The third-order valence-electron chi connectivity index (χ3n) is 5.82. The number of likely N-dealkylation sites (N-methyl/N-ethyl adjacent to an activating group) is 1. The molecule has 2 aromatic rings. The van der Waals surface area contributed by atoms with Crippen molar-refractivity contribution in [3.63, 3.8) is 0 Å². The minimum Gasteiger partial charge on any atom is -0.368 e. The largest absolute Gasteiger partial charge is 0.368 e. The molecular weight excluding hydrogens is 312 g/mol. The molecule has 134 valence electrons. The Balaban J connectivity index is 1.64. The first-order chi connectivity index (χ1) is 12.1. The lowest BCUT2D eigenvalue weighted by molar-refractivity contribution is 0.194. The lowest BCUT2D eigenvalue weighted by Crippen LogP contribution is -2.44. The quantitative estimate of drug-likeness (QED) is 0.831. The average molecular weight is 340 g/mol. The number of aromatic nitrogens is 3. The topological polar surface area (TPSA) is 48.4 Å². The number of anilines is 1. The number of hydrogen-bond donors (Lipinski definition) is 0. The van der Waals surface area contributed by atoms with Crippen LogP contribution in [0.1, 0.15) is 25.0 Å². The van der Waals surface area contributed by atoms with Crippen molar-refractivity contribution < 1.29 is 0 Å². The minimum atomic E-state index is 0.476. The maximum absolute atomic E-state index is 4.81. The van der Waals surface area contributed by atoms with Crippen molar-refractivity contribution in [3.05, 3.63) is 24.3 Å². The van der Waals surface area contributed by atoms with Gasteiger partial charge in [0.2, 0.25) is 0 Å². The predicted octanol–water partition coefficient (Wildman–Crippen LogP) is 1.83. The lowest BCUT2D eigenvalue weighted by Gasteiger charge is -2.35. The van der Waals surface area contributed by atoms with Crippen LogP contribution in [0.15, 0.2) is 18.6 Å². The van der Waals surface area contributed by atoms with Gasteiger partial charge < -0.3 is 14.7 Å². The van der Waals surface area contributed by atoms with Gasteiger partial charge in [0.15, 0.2) is 0 Å². The number of likely N-dealkylation sites (tertiary alicyclic amines) is 1. The van der Waals surface area contributed by atoms with Crippen LogP contribution in [0.2, 0.25) is 0 Å². The molecule has 25 heavy (non-hydrogen) atoms. The number of pyridine rings is 1. The first kappa shape index (κ1) is 16.7. The summed E-state index contributed by atoms with van der Waals surface area (Å²) in [6, 6.07) is 2.19. The number of piperidine rings is 1. The van der Waals surface area contributed by atoms with E-state index >= 15 is 0 Å². The third kappa shape index (κ3) is 3.33. The monoisotopic (exact) mass is 340 g/mol. The molecule has 0 amide bonds. The van der Waals surface area contributed by atoms with Crippen molar-refractivity contribution in [1.82, 2.24) is 24.8 Å². The number of piperazine rings is 1. The van der Waals surface area contributed by atoms with Crippen LogP contribution in [0.4, 0.5) is 5.69 Å². The van der Waals surface area contributed by atoms with E-state index in [1.54, 1.807) is 6.33 Å². The zero-order chi connectivity index (χ0) is 17.4.